The number of benzene rings is 1. The van der Waals surface area contributed by atoms with Crippen LogP contribution < -0.4 is 5.73 Å². The molecule has 0 unspecified atom stereocenters. The van der Waals surface area contributed by atoms with E-state index in [-0.39, 0.29) is 0 Å². The smallest absolute Gasteiger partial charge is 0.180 e. The molecule has 0 spiro atoms. The summed E-state index contributed by atoms with van der Waals surface area (Å²) in [6.07, 6.45) is 2.78. The van der Waals surface area contributed by atoms with Crippen molar-refractivity contribution < 1.29 is 4.39 Å². The predicted octanol–water partition coefficient (Wildman–Crippen LogP) is 3.84. The van der Waals surface area contributed by atoms with Crippen molar-refractivity contribution in [2.45, 2.75) is 25.1 Å². The van der Waals surface area contributed by atoms with Gasteiger partial charge in [-0.2, -0.15) is 0 Å². The van der Waals surface area contributed by atoms with E-state index in [1.165, 1.54) is 11.3 Å². The normalized spacial score (nSPS) is 18.8. The van der Waals surface area contributed by atoms with Gasteiger partial charge in [-0.15, -0.1) is 11.3 Å². The number of likely N-dealkylation sites (tertiary alicyclic amines) is 1. The van der Waals surface area contributed by atoms with E-state index in [1.54, 1.807) is 18.3 Å². The number of nitrogens with two attached hydrogens (primary N) is 1. The Balaban J connectivity index is 1.64. The number of hydrogen-bond donors (Lipinski definition) is 1. The zero-order valence-corrected chi connectivity index (χ0v) is 13.1. The Morgan fingerprint density at radius 2 is 2.14 bits per heavy atom. The van der Waals surface area contributed by atoms with Crippen LogP contribution in [0.5, 0.6) is 0 Å². The highest BCUT2D eigenvalue weighted by molar-refractivity contribution is 7.15. The number of hydrogen-bond acceptors (Lipinski definition) is 4. The Labute approximate surface area is 132 Å². The first kappa shape index (κ1) is 14.8. The zero-order valence-electron chi connectivity index (χ0n) is 11.6. The van der Waals surface area contributed by atoms with Crippen molar-refractivity contribution in [1.29, 1.82) is 0 Å². The third kappa shape index (κ3) is 3.36. The van der Waals surface area contributed by atoms with E-state index in [9.17, 15) is 0 Å². The van der Waals surface area contributed by atoms with Gasteiger partial charge >= 0.3 is 0 Å². The fourth-order valence-corrected chi connectivity index (χ4v) is 3.65. The number of nitrogen functional groups attached to an aromatic ring is 1. The third-order valence-electron chi connectivity index (χ3n) is 3.94. The minimum Gasteiger partial charge on any atom is -0.375 e. The maximum atomic E-state index is 15.1. The molecule has 0 radical (unpaired) electrons. The molecule has 1 aliphatic heterocycles. The Kier molecular flexibility index (Phi) is 4.15. The van der Waals surface area contributed by atoms with Gasteiger partial charge in [-0.05, 0) is 30.5 Å². The van der Waals surface area contributed by atoms with E-state index < -0.39 is 5.67 Å². The minimum atomic E-state index is -1.27. The van der Waals surface area contributed by atoms with Gasteiger partial charge in [0.1, 0.15) is 5.67 Å². The summed E-state index contributed by atoms with van der Waals surface area (Å²) in [5.74, 6) is 0. The van der Waals surface area contributed by atoms with E-state index >= 15 is 4.39 Å². The highest BCUT2D eigenvalue weighted by Crippen LogP contribution is 2.38. The van der Waals surface area contributed by atoms with Crippen molar-refractivity contribution in [1.82, 2.24) is 9.88 Å². The quantitative estimate of drug-likeness (QED) is 0.932. The molecular formula is C15H17ClFN3S. The molecule has 1 saturated heterocycles. The minimum absolute atomic E-state index is 0.488. The summed E-state index contributed by atoms with van der Waals surface area (Å²) in [6.45, 7) is 2.24. The van der Waals surface area contributed by atoms with Gasteiger partial charge in [-0.1, -0.05) is 23.7 Å². The average Bonchev–Trinajstić information content (AvgIpc) is 2.87. The zero-order chi connectivity index (χ0) is 14.9. The third-order valence-corrected chi connectivity index (χ3v) is 4.99. The number of rotatable bonds is 3. The second-order valence-electron chi connectivity index (χ2n) is 5.42. The maximum absolute atomic E-state index is 15.1. The molecule has 0 atom stereocenters. The summed E-state index contributed by atoms with van der Waals surface area (Å²) in [6, 6.07) is 7.15. The van der Waals surface area contributed by atoms with Gasteiger partial charge in [0.2, 0.25) is 0 Å². The number of thiazole rings is 1. The van der Waals surface area contributed by atoms with Crippen LogP contribution in [-0.4, -0.2) is 23.0 Å². The molecule has 0 bridgehead atoms. The van der Waals surface area contributed by atoms with Crippen LogP contribution in [0, 0.1) is 0 Å². The molecule has 3 rings (SSSR count). The summed E-state index contributed by atoms with van der Waals surface area (Å²) >= 11 is 7.46. The van der Waals surface area contributed by atoms with E-state index in [0.29, 0.717) is 28.6 Å². The van der Waals surface area contributed by atoms with Crippen molar-refractivity contribution in [3.05, 3.63) is 45.9 Å². The average molecular weight is 326 g/mol. The molecule has 0 saturated carbocycles. The number of alkyl halides is 1. The van der Waals surface area contributed by atoms with Gasteiger partial charge < -0.3 is 5.73 Å². The highest BCUT2D eigenvalue weighted by atomic mass is 35.5. The van der Waals surface area contributed by atoms with E-state index in [2.05, 4.69) is 9.88 Å². The van der Waals surface area contributed by atoms with Gasteiger partial charge in [0.15, 0.2) is 5.13 Å². The summed E-state index contributed by atoms with van der Waals surface area (Å²) < 4.78 is 15.1. The molecule has 2 heterocycles. The second kappa shape index (κ2) is 5.91. The molecule has 1 aromatic heterocycles. The van der Waals surface area contributed by atoms with Crippen LogP contribution in [0.25, 0.3) is 0 Å². The Morgan fingerprint density at radius 1 is 1.38 bits per heavy atom. The molecule has 6 heteroatoms. The Morgan fingerprint density at radius 3 is 2.76 bits per heavy atom. The van der Waals surface area contributed by atoms with Gasteiger partial charge in [0, 0.05) is 35.7 Å². The molecule has 0 amide bonds. The predicted molar refractivity (Wildman–Crippen MR) is 85.3 cm³/mol. The van der Waals surface area contributed by atoms with Crippen molar-refractivity contribution >= 4 is 28.1 Å². The number of anilines is 1. The molecule has 1 aromatic carbocycles. The number of nitrogens with zero attached hydrogens (tertiary/aromatic N) is 2. The van der Waals surface area contributed by atoms with Crippen molar-refractivity contribution in [3.63, 3.8) is 0 Å². The number of aromatic nitrogens is 1. The van der Waals surface area contributed by atoms with Crippen LogP contribution in [-0.2, 0) is 12.2 Å². The van der Waals surface area contributed by atoms with E-state index in [1.807, 2.05) is 12.1 Å². The Hall–Kier alpha value is -1.17. The lowest BCUT2D eigenvalue weighted by Crippen LogP contribution is -2.39. The van der Waals surface area contributed by atoms with Crippen molar-refractivity contribution in [2.75, 3.05) is 18.8 Å². The fourth-order valence-electron chi connectivity index (χ4n) is 2.74. The lowest BCUT2D eigenvalue weighted by atomic mass is 9.86. The summed E-state index contributed by atoms with van der Waals surface area (Å²) in [7, 11) is 0. The van der Waals surface area contributed by atoms with Crippen LogP contribution >= 0.6 is 22.9 Å². The van der Waals surface area contributed by atoms with Crippen molar-refractivity contribution in [2.24, 2.45) is 0 Å². The van der Waals surface area contributed by atoms with Crippen LogP contribution in [0.15, 0.2) is 30.5 Å². The summed E-state index contributed by atoms with van der Waals surface area (Å²) in [4.78, 5) is 7.42. The van der Waals surface area contributed by atoms with Gasteiger partial charge in [-0.25, -0.2) is 9.37 Å². The largest absolute Gasteiger partial charge is 0.375 e. The standard InChI is InChI=1S/C15H17ClFN3S/c16-12-3-1-2-11(8-12)15(17)4-6-20(7-5-15)10-13-9-19-14(18)21-13/h1-3,8-9H,4-7,10H2,(H2,18,19). The highest BCUT2D eigenvalue weighted by Gasteiger charge is 2.36. The topological polar surface area (TPSA) is 42.1 Å². The SMILES string of the molecule is Nc1ncc(CN2CCC(F)(c3cccc(Cl)c3)CC2)s1. The molecule has 2 aromatic rings. The fraction of sp³-hybridized carbons (Fsp3) is 0.400. The molecule has 112 valence electrons. The molecule has 0 aliphatic carbocycles. The summed E-state index contributed by atoms with van der Waals surface area (Å²) in [5.41, 5.74) is 5.06. The molecule has 1 aliphatic rings. The van der Waals surface area contributed by atoms with Gasteiger partial charge in [-0.3, -0.25) is 4.90 Å². The first-order valence-corrected chi connectivity index (χ1v) is 8.12. The lowest BCUT2D eigenvalue weighted by molar-refractivity contribution is 0.0530. The van der Waals surface area contributed by atoms with Crippen LogP contribution in [0.2, 0.25) is 5.02 Å². The maximum Gasteiger partial charge on any atom is 0.180 e. The first-order chi connectivity index (χ1) is 10.0. The number of piperidine rings is 1. The van der Waals surface area contributed by atoms with Crippen LogP contribution in [0.4, 0.5) is 9.52 Å². The van der Waals surface area contributed by atoms with E-state index in [0.717, 1.165) is 24.5 Å². The van der Waals surface area contributed by atoms with Gasteiger partial charge in [0.05, 0.1) is 0 Å². The monoisotopic (exact) mass is 325 g/mol. The molecular weight excluding hydrogens is 309 g/mol. The van der Waals surface area contributed by atoms with Crippen LogP contribution in [0.1, 0.15) is 23.3 Å². The van der Waals surface area contributed by atoms with E-state index in [4.69, 9.17) is 17.3 Å². The van der Waals surface area contributed by atoms with Gasteiger partial charge in [0.25, 0.3) is 0 Å². The van der Waals surface area contributed by atoms with Crippen molar-refractivity contribution in [3.8, 4) is 0 Å². The molecule has 3 nitrogen and oxygen atoms in total. The molecule has 2 N–H and O–H groups in total. The first-order valence-electron chi connectivity index (χ1n) is 6.93. The summed E-state index contributed by atoms with van der Waals surface area (Å²) in [5, 5.41) is 1.17. The molecule has 1 fully saturated rings. The number of halogens is 2. The molecule has 21 heavy (non-hydrogen) atoms. The second-order valence-corrected chi connectivity index (χ2v) is 7.00. The Bertz CT molecular complexity index is 623. The van der Waals surface area contributed by atoms with Crippen LogP contribution in [0.3, 0.4) is 0 Å². The lowest BCUT2D eigenvalue weighted by Gasteiger charge is -2.36.